The first kappa shape index (κ1) is 12.6. The van der Waals surface area contributed by atoms with E-state index in [0.717, 1.165) is 40.9 Å². The van der Waals surface area contributed by atoms with Crippen molar-refractivity contribution in [1.29, 1.82) is 0 Å². The third kappa shape index (κ3) is 2.05. The Morgan fingerprint density at radius 2 is 2.14 bits per heavy atom. The summed E-state index contributed by atoms with van der Waals surface area (Å²) in [6, 6.07) is 4.09. The van der Waals surface area contributed by atoms with Crippen LogP contribution in [-0.4, -0.2) is 31.3 Å². The predicted molar refractivity (Wildman–Crippen MR) is 79.9 cm³/mol. The fraction of sp³-hybridized carbons (Fsp3) is 0.286. The molecule has 3 aromatic heterocycles. The molecule has 0 aliphatic carbocycles. The highest BCUT2D eigenvalue weighted by molar-refractivity contribution is 7.13. The third-order valence-electron chi connectivity index (χ3n) is 3.71. The van der Waals surface area contributed by atoms with Gasteiger partial charge in [-0.15, -0.1) is 21.5 Å². The minimum atomic E-state index is 0.0660. The van der Waals surface area contributed by atoms with Gasteiger partial charge in [0.05, 0.1) is 22.1 Å². The number of fused-ring (bicyclic) bond motifs is 1. The van der Waals surface area contributed by atoms with Gasteiger partial charge in [-0.3, -0.25) is 4.98 Å². The Hall–Kier alpha value is -2.12. The fourth-order valence-corrected chi connectivity index (χ4v) is 3.46. The van der Waals surface area contributed by atoms with Gasteiger partial charge in [-0.05, 0) is 24.6 Å². The van der Waals surface area contributed by atoms with Gasteiger partial charge in [0.25, 0.3) is 0 Å². The lowest BCUT2D eigenvalue weighted by Gasteiger charge is -2.25. The molecular formula is C14H14N6S. The zero-order chi connectivity index (χ0) is 14.2. The van der Waals surface area contributed by atoms with E-state index in [0.29, 0.717) is 0 Å². The molecule has 4 heterocycles. The smallest absolute Gasteiger partial charge is 0.176 e. The molecule has 0 saturated heterocycles. The summed E-state index contributed by atoms with van der Waals surface area (Å²) >= 11 is 1.61. The van der Waals surface area contributed by atoms with Crippen LogP contribution in [0.15, 0.2) is 30.0 Å². The monoisotopic (exact) mass is 298 g/mol. The molecule has 0 fully saturated rings. The number of thiazole rings is 1. The van der Waals surface area contributed by atoms with Crippen molar-refractivity contribution in [1.82, 2.24) is 30.0 Å². The molecule has 21 heavy (non-hydrogen) atoms. The summed E-state index contributed by atoms with van der Waals surface area (Å²) in [6.07, 6.45) is 3.61. The quantitative estimate of drug-likeness (QED) is 0.781. The van der Waals surface area contributed by atoms with Gasteiger partial charge in [0.2, 0.25) is 0 Å². The van der Waals surface area contributed by atoms with Crippen LogP contribution in [0.3, 0.4) is 0 Å². The van der Waals surface area contributed by atoms with E-state index in [2.05, 4.69) is 30.0 Å². The van der Waals surface area contributed by atoms with Crippen LogP contribution in [0.5, 0.6) is 0 Å². The van der Waals surface area contributed by atoms with Crippen LogP contribution in [-0.2, 0) is 6.54 Å². The molecule has 0 radical (unpaired) electrons. The topological polar surface area (TPSA) is 68.5 Å². The van der Waals surface area contributed by atoms with Gasteiger partial charge in [0.15, 0.2) is 11.6 Å². The Labute approximate surface area is 125 Å². The molecule has 1 aliphatic rings. The number of hydrogen-bond acceptors (Lipinski definition) is 6. The molecule has 4 rings (SSSR count). The molecule has 106 valence electrons. The average molecular weight is 298 g/mol. The number of aromatic nitrogens is 5. The van der Waals surface area contributed by atoms with E-state index in [-0.39, 0.29) is 6.04 Å². The second-order valence-electron chi connectivity index (χ2n) is 4.97. The van der Waals surface area contributed by atoms with Gasteiger partial charge in [-0.1, -0.05) is 0 Å². The maximum Gasteiger partial charge on any atom is 0.176 e. The standard InChI is InChI=1S/C14H14N6S/c1-9-12(21-8-17-9)14-19-18-13-11(16-6-7-20(13)14)10-2-4-15-5-3-10/h2-5,8,11,16H,6-7H2,1H3. The molecule has 0 amide bonds. The van der Waals surface area contributed by atoms with Crippen molar-refractivity contribution in [3.05, 3.63) is 47.1 Å². The average Bonchev–Trinajstić information content (AvgIpc) is 3.13. The number of nitrogens with zero attached hydrogens (tertiary/aromatic N) is 5. The number of hydrogen-bond donors (Lipinski definition) is 1. The zero-order valence-corrected chi connectivity index (χ0v) is 12.3. The second kappa shape index (κ2) is 5.01. The summed E-state index contributed by atoms with van der Waals surface area (Å²) in [7, 11) is 0. The molecule has 0 saturated carbocycles. The van der Waals surface area contributed by atoms with E-state index in [9.17, 15) is 0 Å². The highest BCUT2D eigenvalue weighted by atomic mass is 32.1. The summed E-state index contributed by atoms with van der Waals surface area (Å²) in [6.45, 7) is 3.77. The normalized spacial score (nSPS) is 17.7. The molecule has 0 aromatic carbocycles. The van der Waals surface area contributed by atoms with Gasteiger partial charge in [-0.25, -0.2) is 4.98 Å². The van der Waals surface area contributed by atoms with Crippen molar-refractivity contribution >= 4 is 11.3 Å². The van der Waals surface area contributed by atoms with E-state index >= 15 is 0 Å². The molecule has 1 unspecified atom stereocenters. The number of aryl methyl sites for hydroxylation is 1. The van der Waals surface area contributed by atoms with Crippen LogP contribution >= 0.6 is 11.3 Å². The Morgan fingerprint density at radius 1 is 1.29 bits per heavy atom. The fourth-order valence-electron chi connectivity index (χ4n) is 2.67. The van der Waals surface area contributed by atoms with Gasteiger partial charge < -0.3 is 9.88 Å². The second-order valence-corrected chi connectivity index (χ2v) is 5.82. The van der Waals surface area contributed by atoms with Crippen LogP contribution < -0.4 is 5.32 Å². The number of nitrogens with one attached hydrogen (secondary N) is 1. The van der Waals surface area contributed by atoms with Gasteiger partial charge in [-0.2, -0.15) is 0 Å². The number of rotatable bonds is 2. The summed E-state index contributed by atoms with van der Waals surface area (Å²) in [5.74, 6) is 1.88. The molecule has 6 nitrogen and oxygen atoms in total. The maximum atomic E-state index is 4.42. The lowest BCUT2D eigenvalue weighted by molar-refractivity contribution is 0.458. The first-order valence-corrected chi connectivity index (χ1v) is 7.69. The Kier molecular flexibility index (Phi) is 3.01. The minimum Gasteiger partial charge on any atom is -0.307 e. The SMILES string of the molecule is Cc1ncsc1-c1nnc2n1CCNC2c1ccncc1. The van der Waals surface area contributed by atoms with Crippen molar-refractivity contribution in [2.24, 2.45) is 0 Å². The first-order chi connectivity index (χ1) is 10.3. The van der Waals surface area contributed by atoms with Crippen LogP contribution in [0.2, 0.25) is 0 Å². The largest absolute Gasteiger partial charge is 0.307 e. The zero-order valence-electron chi connectivity index (χ0n) is 11.5. The van der Waals surface area contributed by atoms with E-state index < -0.39 is 0 Å². The summed E-state index contributed by atoms with van der Waals surface area (Å²) in [4.78, 5) is 9.49. The number of pyridine rings is 1. The van der Waals surface area contributed by atoms with Crippen LogP contribution in [0.1, 0.15) is 23.1 Å². The van der Waals surface area contributed by atoms with E-state index in [1.54, 1.807) is 23.7 Å². The van der Waals surface area contributed by atoms with Crippen molar-refractivity contribution in [2.75, 3.05) is 6.54 Å². The lowest BCUT2D eigenvalue weighted by Crippen LogP contribution is -2.34. The summed E-state index contributed by atoms with van der Waals surface area (Å²) < 4.78 is 2.20. The Morgan fingerprint density at radius 3 is 2.90 bits per heavy atom. The van der Waals surface area contributed by atoms with Crippen molar-refractivity contribution < 1.29 is 0 Å². The minimum absolute atomic E-state index is 0.0660. The molecule has 1 N–H and O–H groups in total. The van der Waals surface area contributed by atoms with Crippen LogP contribution in [0.25, 0.3) is 10.7 Å². The molecular weight excluding hydrogens is 284 g/mol. The van der Waals surface area contributed by atoms with Crippen molar-refractivity contribution in [3.63, 3.8) is 0 Å². The van der Waals surface area contributed by atoms with Gasteiger partial charge in [0, 0.05) is 25.5 Å². The first-order valence-electron chi connectivity index (χ1n) is 6.81. The third-order valence-corrected chi connectivity index (χ3v) is 4.63. The van der Waals surface area contributed by atoms with Crippen molar-refractivity contribution in [3.8, 4) is 10.7 Å². The summed E-state index contributed by atoms with van der Waals surface area (Å²) in [5, 5.41) is 12.3. The van der Waals surface area contributed by atoms with E-state index in [4.69, 9.17) is 0 Å². The molecule has 1 aliphatic heterocycles. The maximum absolute atomic E-state index is 4.42. The van der Waals surface area contributed by atoms with Crippen LogP contribution in [0, 0.1) is 6.92 Å². The lowest BCUT2D eigenvalue weighted by atomic mass is 10.1. The molecule has 0 spiro atoms. The van der Waals surface area contributed by atoms with E-state index in [1.807, 2.05) is 24.6 Å². The molecule has 1 atom stereocenters. The molecule has 3 aromatic rings. The Bertz CT molecular complexity index is 763. The highest BCUT2D eigenvalue weighted by Crippen LogP contribution is 2.30. The van der Waals surface area contributed by atoms with Crippen molar-refractivity contribution in [2.45, 2.75) is 19.5 Å². The van der Waals surface area contributed by atoms with Gasteiger partial charge >= 0.3 is 0 Å². The Balaban J connectivity index is 1.81. The highest BCUT2D eigenvalue weighted by Gasteiger charge is 2.27. The van der Waals surface area contributed by atoms with Crippen LogP contribution in [0.4, 0.5) is 0 Å². The predicted octanol–water partition coefficient (Wildman–Crippen LogP) is 1.80. The molecule has 0 bridgehead atoms. The van der Waals surface area contributed by atoms with E-state index in [1.165, 1.54) is 0 Å². The summed E-state index contributed by atoms with van der Waals surface area (Å²) in [5.41, 5.74) is 4.02. The molecule has 7 heteroatoms. The van der Waals surface area contributed by atoms with Gasteiger partial charge in [0.1, 0.15) is 0 Å².